The fraction of sp³-hybridized carbons (Fsp3) is 0.900. The molecule has 0 rings (SSSR count). The molecule has 0 saturated heterocycles. The molecular formula is C10H22N2O3. The van der Waals surface area contributed by atoms with Gasteiger partial charge in [0, 0.05) is 0 Å². The summed E-state index contributed by atoms with van der Waals surface area (Å²) in [5, 5.41) is 20.6. The van der Waals surface area contributed by atoms with Crippen molar-refractivity contribution in [1.82, 2.24) is 5.32 Å². The molecule has 0 aromatic rings. The van der Waals surface area contributed by atoms with Crippen molar-refractivity contribution in [3.8, 4) is 0 Å². The summed E-state index contributed by atoms with van der Waals surface area (Å²) in [4.78, 5) is 11.5. The Labute approximate surface area is 90.7 Å². The molecule has 0 aromatic carbocycles. The molecule has 0 heterocycles. The molecule has 3 atom stereocenters. The highest BCUT2D eigenvalue weighted by Crippen LogP contribution is 2.03. The van der Waals surface area contributed by atoms with Gasteiger partial charge in [0.1, 0.15) is 0 Å². The largest absolute Gasteiger partial charge is 0.394 e. The van der Waals surface area contributed by atoms with Crippen molar-refractivity contribution >= 4 is 5.91 Å². The monoisotopic (exact) mass is 218 g/mol. The Morgan fingerprint density at radius 3 is 2.27 bits per heavy atom. The molecular weight excluding hydrogens is 196 g/mol. The Balaban J connectivity index is 4.10. The maximum atomic E-state index is 11.5. The first-order valence-corrected chi connectivity index (χ1v) is 5.23. The van der Waals surface area contributed by atoms with Gasteiger partial charge in [0.05, 0.1) is 24.8 Å². The van der Waals surface area contributed by atoms with Crippen LogP contribution in [0.25, 0.3) is 0 Å². The smallest absolute Gasteiger partial charge is 0.237 e. The quantitative estimate of drug-likeness (QED) is 0.470. The number of rotatable bonds is 6. The summed E-state index contributed by atoms with van der Waals surface area (Å²) in [6.45, 7) is 5.17. The Hall–Kier alpha value is -0.650. The molecule has 0 aliphatic heterocycles. The third-order valence-corrected chi connectivity index (χ3v) is 2.17. The second-order valence-corrected chi connectivity index (χ2v) is 4.27. The second-order valence-electron chi connectivity index (χ2n) is 4.27. The van der Waals surface area contributed by atoms with Crippen LogP contribution in [0.3, 0.4) is 0 Å². The number of carbonyl (C=O) groups excluding carboxylic acids is 1. The Morgan fingerprint density at radius 2 is 1.93 bits per heavy atom. The zero-order chi connectivity index (χ0) is 12.0. The van der Waals surface area contributed by atoms with Crippen LogP contribution in [-0.4, -0.2) is 40.9 Å². The van der Waals surface area contributed by atoms with Gasteiger partial charge in [-0.2, -0.15) is 0 Å². The van der Waals surface area contributed by atoms with Crippen LogP contribution < -0.4 is 11.1 Å². The van der Waals surface area contributed by atoms with E-state index in [-0.39, 0.29) is 12.5 Å². The molecule has 90 valence electrons. The number of amides is 1. The highest BCUT2D eigenvalue weighted by atomic mass is 16.3. The third kappa shape index (κ3) is 5.71. The summed E-state index contributed by atoms with van der Waals surface area (Å²) in [5.74, 6) is 0.00789. The molecule has 15 heavy (non-hydrogen) atoms. The number of aliphatic hydroxyl groups excluding tert-OH is 2. The minimum atomic E-state index is -0.787. The number of aliphatic hydroxyl groups is 2. The zero-order valence-corrected chi connectivity index (χ0v) is 9.60. The van der Waals surface area contributed by atoms with Crippen molar-refractivity contribution in [1.29, 1.82) is 0 Å². The fourth-order valence-corrected chi connectivity index (χ4v) is 1.22. The molecule has 1 amide bonds. The molecule has 5 nitrogen and oxygen atoms in total. The van der Waals surface area contributed by atoms with E-state index in [4.69, 9.17) is 10.8 Å². The summed E-state index contributed by atoms with van der Waals surface area (Å²) < 4.78 is 0. The molecule has 0 radical (unpaired) electrons. The van der Waals surface area contributed by atoms with Crippen LogP contribution in [-0.2, 0) is 4.79 Å². The van der Waals surface area contributed by atoms with Crippen LogP contribution in [0, 0.1) is 5.92 Å². The summed E-state index contributed by atoms with van der Waals surface area (Å²) >= 11 is 0. The summed E-state index contributed by atoms with van der Waals surface area (Å²) in [7, 11) is 0. The zero-order valence-electron chi connectivity index (χ0n) is 9.60. The van der Waals surface area contributed by atoms with Gasteiger partial charge in [0.25, 0.3) is 0 Å². The van der Waals surface area contributed by atoms with Gasteiger partial charge in [0.2, 0.25) is 5.91 Å². The molecule has 5 heteroatoms. The SMILES string of the molecule is CC(C)C[C@H](N)C(=O)N[C@@H](CO)C(C)O. The lowest BCUT2D eigenvalue weighted by molar-refractivity contribution is -0.124. The van der Waals surface area contributed by atoms with Crippen molar-refractivity contribution in [2.45, 2.75) is 45.4 Å². The minimum absolute atomic E-state index is 0.294. The molecule has 1 unspecified atom stereocenters. The topological polar surface area (TPSA) is 95.6 Å². The van der Waals surface area contributed by atoms with Gasteiger partial charge >= 0.3 is 0 Å². The van der Waals surface area contributed by atoms with Crippen molar-refractivity contribution in [2.24, 2.45) is 11.7 Å². The average molecular weight is 218 g/mol. The van der Waals surface area contributed by atoms with E-state index in [1.807, 2.05) is 13.8 Å². The highest BCUT2D eigenvalue weighted by Gasteiger charge is 2.21. The maximum Gasteiger partial charge on any atom is 0.237 e. The number of hydrogen-bond acceptors (Lipinski definition) is 4. The lowest BCUT2D eigenvalue weighted by atomic mass is 10.0. The molecule has 0 aliphatic carbocycles. The van der Waals surface area contributed by atoms with E-state index in [0.29, 0.717) is 12.3 Å². The van der Waals surface area contributed by atoms with E-state index >= 15 is 0 Å². The normalized spacial score (nSPS) is 17.3. The van der Waals surface area contributed by atoms with E-state index in [1.54, 1.807) is 0 Å². The molecule has 0 spiro atoms. The lowest BCUT2D eigenvalue weighted by Crippen LogP contribution is -2.51. The van der Waals surface area contributed by atoms with Crippen LogP contribution in [0.2, 0.25) is 0 Å². The van der Waals surface area contributed by atoms with Gasteiger partial charge in [0.15, 0.2) is 0 Å². The van der Waals surface area contributed by atoms with Gasteiger partial charge in [-0.15, -0.1) is 0 Å². The van der Waals surface area contributed by atoms with Crippen LogP contribution >= 0.6 is 0 Å². The number of nitrogens with two attached hydrogens (primary N) is 1. The third-order valence-electron chi connectivity index (χ3n) is 2.17. The standard InChI is InChI=1S/C10H22N2O3/c1-6(2)4-8(11)10(15)12-9(5-13)7(3)14/h6-9,13-14H,4-5,11H2,1-3H3,(H,12,15)/t7?,8-,9-/m0/s1. The van der Waals surface area contributed by atoms with Crippen molar-refractivity contribution in [3.63, 3.8) is 0 Å². The molecule has 0 aromatic heterocycles. The Morgan fingerprint density at radius 1 is 1.40 bits per heavy atom. The fourth-order valence-electron chi connectivity index (χ4n) is 1.22. The van der Waals surface area contributed by atoms with E-state index in [0.717, 1.165) is 0 Å². The van der Waals surface area contributed by atoms with Gasteiger partial charge in [-0.05, 0) is 19.3 Å². The van der Waals surface area contributed by atoms with E-state index in [2.05, 4.69) is 5.32 Å². The van der Waals surface area contributed by atoms with Gasteiger partial charge in [-0.3, -0.25) is 4.79 Å². The predicted molar refractivity (Wildman–Crippen MR) is 58.1 cm³/mol. The van der Waals surface area contributed by atoms with Crippen molar-refractivity contribution in [3.05, 3.63) is 0 Å². The van der Waals surface area contributed by atoms with Gasteiger partial charge in [-0.1, -0.05) is 13.8 Å². The first kappa shape index (κ1) is 14.3. The molecule has 0 fully saturated rings. The lowest BCUT2D eigenvalue weighted by Gasteiger charge is -2.22. The first-order valence-electron chi connectivity index (χ1n) is 5.23. The minimum Gasteiger partial charge on any atom is -0.394 e. The molecule has 0 aliphatic rings. The summed E-state index contributed by atoms with van der Waals surface area (Å²) in [6.07, 6.45) is -0.200. The van der Waals surface area contributed by atoms with Crippen LogP contribution in [0.15, 0.2) is 0 Å². The predicted octanol–water partition coefficient (Wildman–Crippen LogP) is -0.782. The van der Waals surface area contributed by atoms with E-state index < -0.39 is 18.2 Å². The highest BCUT2D eigenvalue weighted by molar-refractivity contribution is 5.81. The van der Waals surface area contributed by atoms with Crippen LogP contribution in [0.5, 0.6) is 0 Å². The van der Waals surface area contributed by atoms with Crippen LogP contribution in [0.1, 0.15) is 27.2 Å². The number of nitrogens with one attached hydrogen (secondary N) is 1. The summed E-state index contributed by atoms with van der Waals surface area (Å²) in [5.41, 5.74) is 5.65. The maximum absolute atomic E-state index is 11.5. The molecule has 0 bridgehead atoms. The average Bonchev–Trinajstić information content (AvgIpc) is 2.11. The van der Waals surface area contributed by atoms with Crippen molar-refractivity contribution < 1.29 is 15.0 Å². The van der Waals surface area contributed by atoms with Crippen LogP contribution in [0.4, 0.5) is 0 Å². The Bertz CT molecular complexity index is 195. The van der Waals surface area contributed by atoms with E-state index in [1.165, 1.54) is 6.92 Å². The summed E-state index contributed by atoms with van der Waals surface area (Å²) in [6, 6.07) is -1.23. The number of hydrogen-bond donors (Lipinski definition) is 4. The number of carbonyl (C=O) groups is 1. The van der Waals surface area contributed by atoms with Gasteiger partial charge < -0.3 is 21.3 Å². The van der Waals surface area contributed by atoms with Crippen molar-refractivity contribution in [2.75, 3.05) is 6.61 Å². The second kappa shape index (κ2) is 6.76. The molecule has 5 N–H and O–H groups in total. The van der Waals surface area contributed by atoms with E-state index in [9.17, 15) is 9.90 Å². The molecule has 0 saturated carbocycles. The Kier molecular flexibility index (Phi) is 6.47. The first-order chi connectivity index (χ1) is 6.88. The van der Waals surface area contributed by atoms with Gasteiger partial charge in [-0.25, -0.2) is 0 Å².